The van der Waals surface area contributed by atoms with Crippen LogP contribution in [0.3, 0.4) is 0 Å². The highest BCUT2D eigenvalue weighted by atomic mass is 79.9. The number of aliphatic hydroxyl groups is 1. The van der Waals surface area contributed by atoms with E-state index in [9.17, 15) is 9.50 Å². The van der Waals surface area contributed by atoms with E-state index >= 15 is 0 Å². The van der Waals surface area contributed by atoms with Gasteiger partial charge in [-0.05, 0) is 23.8 Å². The van der Waals surface area contributed by atoms with E-state index in [0.717, 1.165) is 0 Å². The quantitative estimate of drug-likeness (QED) is 0.838. The van der Waals surface area contributed by atoms with Gasteiger partial charge in [-0.3, -0.25) is 0 Å². The molecule has 2 aromatic carbocycles. The molecule has 2 aromatic rings. The zero-order valence-electron chi connectivity index (χ0n) is 10.9. The largest absolute Gasteiger partial charge is 0.495 e. The lowest BCUT2D eigenvalue weighted by Crippen LogP contribution is -2.07. The summed E-state index contributed by atoms with van der Waals surface area (Å²) in [5.74, 6) is 0.137. The van der Waals surface area contributed by atoms with Gasteiger partial charge in [-0.15, -0.1) is 0 Å². The minimum absolute atomic E-state index is 0.149. The SMILES string of the molecule is COc1cccc(C(O)Cc2ccc(Br)cc2F)c1N. The molecule has 5 heteroatoms. The molecule has 0 saturated carbocycles. The predicted molar refractivity (Wildman–Crippen MR) is 80.2 cm³/mol. The lowest BCUT2D eigenvalue weighted by Gasteiger charge is -2.16. The maximum atomic E-state index is 13.8. The average molecular weight is 340 g/mol. The van der Waals surface area contributed by atoms with Crippen LogP contribution in [0.2, 0.25) is 0 Å². The first-order valence-electron chi connectivity index (χ1n) is 6.07. The fourth-order valence-electron chi connectivity index (χ4n) is 2.04. The van der Waals surface area contributed by atoms with Crippen LogP contribution in [0.15, 0.2) is 40.9 Å². The van der Waals surface area contributed by atoms with E-state index < -0.39 is 6.10 Å². The number of para-hydroxylation sites is 1. The minimum atomic E-state index is -0.888. The zero-order valence-corrected chi connectivity index (χ0v) is 12.5. The summed E-state index contributed by atoms with van der Waals surface area (Å²) in [4.78, 5) is 0. The van der Waals surface area contributed by atoms with Gasteiger partial charge in [0.15, 0.2) is 0 Å². The molecule has 0 aromatic heterocycles. The number of hydrogen-bond acceptors (Lipinski definition) is 3. The molecule has 106 valence electrons. The summed E-state index contributed by atoms with van der Waals surface area (Å²) in [6, 6.07) is 9.91. The van der Waals surface area contributed by atoms with Gasteiger partial charge in [0.1, 0.15) is 11.6 Å². The number of nitrogen functional groups attached to an aromatic ring is 1. The molecule has 0 spiro atoms. The van der Waals surface area contributed by atoms with Crippen molar-refractivity contribution in [3.8, 4) is 5.75 Å². The number of methoxy groups -OCH3 is 1. The molecule has 0 saturated heterocycles. The van der Waals surface area contributed by atoms with Gasteiger partial charge in [-0.1, -0.05) is 34.1 Å². The van der Waals surface area contributed by atoms with Crippen LogP contribution in [0.5, 0.6) is 5.75 Å². The van der Waals surface area contributed by atoms with E-state index in [4.69, 9.17) is 10.5 Å². The van der Waals surface area contributed by atoms with Crippen LogP contribution in [-0.4, -0.2) is 12.2 Å². The molecule has 0 bridgehead atoms. The Hall–Kier alpha value is -1.59. The molecule has 2 rings (SSSR count). The summed E-state index contributed by atoms with van der Waals surface area (Å²) in [5.41, 5.74) is 7.27. The Kier molecular flexibility index (Phi) is 4.62. The first kappa shape index (κ1) is 14.8. The normalized spacial score (nSPS) is 12.2. The van der Waals surface area contributed by atoms with Crippen molar-refractivity contribution >= 4 is 21.6 Å². The second kappa shape index (κ2) is 6.24. The maximum Gasteiger partial charge on any atom is 0.142 e. The van der Waals surface area contributed by atoms with Crippen molar-refractivity contribution in [2.45, 2.75) is 12.5 Å². The van der Waals surface area contributed by atoms with Crippen LogP contribution in [0.1, 0.15) is 17.2 Å². The van der Waals surface area contributed by atoms with E-state index in [1.807, 2.05) is 0 Å². The number of benzene rings is 2. The third kappa shape index (κ3) is 3.11. The van der Waals surface area contributed by atoms with E-state index in [1.54, 1.807) is 30.3 Å². The molecule has 3 nitrogen and oxygen atoms in total. The second-order valence-corrected chi connectivity index (χ2v) is 5.33. The van der Waals surface area contributed by atoms with Crippen molar-refractivity contribution in [3.05, 3.63) is 57.8 Å². The summed E-state index contributed by atoms with van der Waals surface area (Å²) in [6.07, 6.45) is -0.739. The molecule has 0 radical (unpaired) electrons. The van der Waals surface area contributed by atoms with Gasteiger partial charge in [-0.25, -0.2) is 4.39 Å². The van der Waals surface area contributed by atoms with Crippen molar-refractivity contribution < 1.29 is 14.2 Å². The molecule has 0 amide bonds. The lowest BCUT2D eigenvalue weighted by atomic mass is 9.99. The Labute approximate surface area is 125 Å². The van der Waals surface area contributed by atoms with Gasteiger partial charge in [0.2, 0.25) is 0 Å². The number of anilines is 1. The van der Waals surface area contributed by atoms with Gasteiger partial charge in [-0.2, -0.15) is 0 Å². The molecule has 0 aliphatic heterocycles. The van der Waals surface area contributed by atoms with Gasteiger partial charge in [0, 0.05) is 16.5 Å². The standard InChI is InChI=1S/C15H15BrFNO2/c1-20-14-4-2-3-11(15(14)18)13(19)7-9-5-6-10(16)8-12(9)17/h2-6,8,13,19H,7,18H2,1H3. The molecule has 0 aliphatic rings. The smallest absolute Gasteiger partial charge is 0.142 e. The molecular weight excluding hydrogens is 325 g/mol. The Morgan fingerprint density at radius 1 is 1.35 bits per heavy atom. The molecule has 20 heavy (non-hydrogen) atoms. The average Bonchev–Trinajstić information content (AvgIpc) is 2.42. The van der Waals surface area contributed by atoms with Crippen LogP contribution in [0.4, 0.5) is 10.1 Å². The predicted octanol–water partition coefficient (Wildman–Crippen LogP) is 3.46. The number of halogens is 2. The Morgan fingerprint density at radius 3 is 2.75 bits per heavy atom. The van der Waals surface area contributed by atoms with E-state index in [0.29, 0.717) is 27.0 Å². The maximum absolute atomic E-state index is 13.8. The van der Waals surface area contributed by atoms with Gasteiger partial charge < -0.3 is 15.6 Å². The van der Waals surface area contributed by atoms with Crippen LogP contribution in [0.25, 0.3) is 0 Å². The molecular formula is C15H15BrFNO2. The van der Waals surface area contributed by atoms with Crippen LogP contribution in [0, 0.1) is 5.82 Å². The molecule has 0 fully saturated rings. The highest BCUT2D eigenvalue weighted by molar-refractivity contribution is 9.10. The molecule has 0 heterocycles. The molecule has 0 aliphatic carbocycles. The Morgan fingerprint density at radius 2 is 2.10 bits per heavy atom. The van der Waals surface area contributed by atoms with Gasteiger partial charge in [0.25, 0.3) is 0 Å². The fourth-order valence-corrected chi connectivity index (χ4v) is 2.37. The summed E-state index contributed by atoms with van der Waals surface area (Å²) in [7, 11) is 1.51. The first-order chi connectivity index (χ1) is 9.52. The van der Waals surface area contributed by atoms with E-state index in [-0.39, 0.29) is 12.2 Å². The summed E-state index contributed by atoms with van der Waals surface area (Å²) in [6.45, 7) is 0. The number of rotatable bonds is 4. The van der Waals surface area contributed by atoms with Crippen LogP contribution < -0.4 is 10.5 Å². The minimum Gasteiger partial charge on any atom is -0.495 e. The molecule has 1 unspecified atom stereocenters. The third-order valence-corrected chi connectivity index (χ3v) is 3.60. The van der Waals surface area contributed by atoms with Gasteiger partial charge in [0.05, 0.1) is 18.9 Å². The fraction of sp³-hybridized carbons (Fsp3) is 0.200. The summed E-state index contributed by atoms with van der Waals surface area (Å²) in [5, 5.41) is 10.3. The highest BCUT2D eigenvalue weighted by Gasteiger charge is 2.16. The summed E-state index contributed by atoms with van der Waals surface area (Å²) < 4.78 is 19.5. The first-order valence-corrected chi connectivity index (χ1v) is 6.86. The van der Waals surface area contributed by atoms with Crippen molar-refractivity contribution in [3.63, 3.8) is 0 Å². The highest BCUT2D eigenvalue weighted by Crippen LogP contribution is 2.31. The lowest BCUT2D eigenvalue weighted by molar-refractivity contribution is 0.177. The second-order valence-electron chi connectivity index (χ2n) is 4.42. The Balaban J connectivity index is 2.26. The summed E-state index contributed by atoms with van der Waals surface area (Å²) >= 11 is 3.20. The van der Waals surface area contributed by atoms with Crippen molar-refractivity contribution in [1.29, 1.82) is 0 Å². The van der Waals surface area contributed by atoms with Crippen LogP contribution in [-0.2, 0) is 6.42 Å². The van der Waals surface area contributed by atoms with Crippen molar-refractivity contribution in [2.24, 2.45) is 0 Å². The monoisotopic (exact) mass is 339 g/mol. The number of aliphatic hydroxyl groups excluding tert-OH is 1. The zero-order chi connectivity index (χ0) is 14.7. The third-order valence-electron chi connectivity index (χ3n) is 3.11. The van der Waals surface area contributed by atoms with Gasteiger partial charge >= 0.3 is 0 Å². The van der Waals surface area contributed by atoms with Crippen LogP contribution >= 0.6 is 15.9 Å². The Bertz CT molecular complexity index is 619. The number of hydrogen-bond donors (Lipinski definition) is 2. The number of nitrogens with two attached hydrogens (primary N) is 1. The number of ether oxygens (including phenoxy) is 1. The molecule has 1 atom stereocenters. The van der Waals surface area contributed by atoms with E-state index in [1.165, 1.54) is 13.2 Å². The van der Waals surface area contributed by atoms with Crippen molar-refractivity contribution in [2.75, 3.05) is 12.8 Å². The van der Waals surface area contributed by atoms with E-state index in [2.05, 4.69) is 15.9 Å². The van der Waals surface area contributed by atoms with Crippen molar-refractivity contribution in [1.82, 2.24) is 0 Å². The molecule has 3 N–H and O–H groups in total. The topological polar surface area (TPSA) is 55.5 Å².